The van der Waals surface area contributed by atoms with Gasteiger partial charge in [-0.1, -0.05) is 72.3 Å². The number of fused-ring (bicyclic) bond motifs is 1. The summed E-state index contributed by atoms with van der Waals surface area (Å²) in [5, 5.41) is 7.16. The average molecular weight is 432 g/mol. The highest BCUT2D eigenvalue weighted by atomic mass is 35.5. The first kappa shape index (κ1) is 20.7. The van der Waals surface area contributed by atoms with E-state index >= 15 is 0 Å². The van der Waals surface area contributed by atoms with Crippen molar-refractivity contribution in [3.05, 3.63) is 107 Å². The Bertz CT molecular complexity index is 1200. The van der Waals surface area contributed by atoms with Crippen molar-refractivity contribution in [3.63, 3.8) is 0 Å². The third-order valence-corrected chi connectivity index (χ3v) is 5.48. The van der Waals surface area contributed by atoms with Crippen LogP contribution in [-0.4, -0.2) is 22.8 Å². The normalized spacial score (nSPS) is 11.8. The number of rotatable bonds is 7. The molecule has 156 valence electrons. The fraction of sp³-hybridized carbons (Fsp3) is 0.120. The molecular weight excluding hydrogens is 410 g/mol. The van der Waals surface area contributed by atoms with E-state index in [4.69, 9.17) is 11.6 Å². The summed E-state index contributed by atoms with van der Waals surface area (Å²) in [5.41, 5.74) is 3.26. The van der Waals surface area contributed by atoms with Crippen LogP contribution in [-0.2, 0) is 17.8 Å². The molecule has 0 fully saturated rings. The van der Waals surface area contributed by atoms with E-state index in [2.05, 4.69) is 15.6 Å². The Labute approximate surface area is 185 Å². The summed E-state index contributed by atoms with van der Waals surface area (Å²) in [6, 6.07) is 23.6. The lowest BCUT2D eigenvalue weighted by Crippen LogP contribution is -2.47. The zero-order chi connectivity index (χ0) is 21.6. The molecule has 0 aliphatic heterocycles. The second kappa shape index (κ2) is 9.49. The van der Waals surface area contributed by atoms with E-state index in [1.807, 2.05) is 60.8 Å². The van der Waals surface area contributed by atoms with Gasteiger partial charge in [0.1, 0.15) is 6.04 Å². The molecule has 3 N–H and O–H groups in total. The van der Waals surface area contributed by atoms with Crippen LogP contribution in [0.25, 0.3) is 10.9 Å². The number of H-pyrrole nitrogens is 1. The molecule has 5 nitrogen and oxygen atoms in total. The minimum Gasteiger partial charge on any atom is -0.361 e. The molecular formula is C25H22ClN3O2. The number of aromatic nitrogens is 1. The van der Waals surface area contributed by atoms with Crippen molar-refractivity contribution in [2.24, 2.45) is 0 Å². The van der Waals surface area contributed by atoms with Crippen molar-refractivity contribution < 1.29 is 9.59 Å². The van der Waals surface area contributed by atoms with Gasteiger partial charge in [0.2, 0.25) is 5.91 Å². The molecule has 1 aromatic heterocycles. The van der Waals surface area contributed by atoms with Crippen molar-refractivity contribution >= 4 is 34.3 Å². The Kier molecular flexibility index (Phi) is 6.34. The molecule has 0 radical (unpaired) electrons. The van der Waals surface area contributed by atoms with Crippen LogP contribution in [0.5, 0.6) is 0 Å². The Morgan fingerprint density at radius 2 is 1.61 bits per heavy atom. The zero-order valence-corrected chi connectivity index (χ0v) is 17.5. The summed E-state index contributed by atoms with van der Waals surface area (Å²) in [6.45, 7) is 0.381. The molecule has 1 atom stereocenters. The van der Waals surface area contributed by atoms with Crippen molar-refractivity contribution in [1.82, 2.24) is 15.6 Å². The van der Waals surface area contributed by atoms with Crippen LogP contribution in [0.2, 0.25) is 5.02 Å². The van der Waals surface area contributed by atoms with E-state index < -0.39 is 6.04 Å². The quantitative estimate of drug-likeness (QED) is 0.403. The first-order valence-electron chi connectivity index (χ1n) is 10.0. The fourth-order valence-corrected chi connectivity index (χ4v) is 3.74. The molecule has 0 saturated heterocycles. The Balaban J connectivity index is 1.55. The number of amides is 2. The third kappa shape index (κ3) is 4.95. The van der Waals surface area contributed by atoms with E-state index in [-0.39, 0.29) is 11.8 Å². The van der Waals surface area contributed by atoms with Crippen LogP contribution in [0.3, 0.4) is 0 Å². The van der Waals surface area contributed by atoms with Crippen LogP contribution in [0.4, 0.5) is 0 Å². The van der Waals surface area contributed by atoms with Crippen LogP contribution in [0.15, 0.2) is 85.1 Å². The molecule has 0 aliphatic rings. The summed E-state index contributed by atoms with van der Waals surface area (Å²) in [6.07, 6.45) is 2.23. The molecule has 4 rings (SSSR count). The number of halogens is 1. The van der Waals surface area contributed by atoms with E-state index in [1.165, 1.54) is 0 Å². The van der Waals surface area contributed by atoms with E-state index in [0.717, 1.165) is 22.0 Å². The highest BCUT2D eigenvalue weighted by Crippen LogP contribution is 2.20. The van der Waals surface area contributed by atoms with Crippen molar-refractivity contribution in [2.45, 2.75) is 19.0 Å². The third-order valence-electron chi connectivity index (χ3n) is 5.15. The zero-order valence-electron chi connectivity index (χ0n) is 16.8. The molecule has 2 amide bonds. The van der Waals surface area contributed by atoms with Gasteiger partial charge in [-0.3, -0.25) is 9.59 Å². The summed E-state index contributed by atoms with van der Waals surface area (Å²) < 4.78 is 0. The van der Waals surface area contributed by atoms with Gasteiger partial charge in [0, 0.05) is 30.1 Å². The van der Waals surface area contributed by atoms with Crippen LogP contribution in [0, 0.1) is 0 Å². The minimum atomic E-state index is -0.758. The molecule has 3 aromatic carbocycles. The lowest BCUT2D eigenvalue weighted by Gasteiger charge is -2.19. The summed E-state index contributed by atoms with van der Waals surface area (Å²) in [5.74, 6) is -0.639. The van der Waals surface area contributed by atoms with Gasteiger partial charge in [-0.05, 0) is 29.3 Å². The van der Waals surface area contributed by atoms with Gasteiger partial charge < -0.3 is 15.6 Å². The number of carbonyl (C=O) groups excluding carboxylic acids is 2. The summed E-state index contributed by atoms with van der Waals surface area (Å²) in [7, 11) is 0. The number of para-hydroxylation sites is 1. The maximum atomic E-state index is 13.1. The molecule has 1 unspecified atom stereocenters. The first-order valence-corrected chi connectivity index (χ1v) is 10.4. The monoisotopic (exact) mass is 431 g/mol. The molecule has 0 spiro atoms. The molecule has 31 heavy (non-hydrogen) atoms. The summed E-state index contributed by atoms with van der Waals surface area (Å²) >= 11 is 6.18. The molecule has 0 saturated carbocycles. The maximum Gasteiger partial charge on any atom is 0.253 e. The van der Waals surface area contributed by atoms with E-state index in [9.17, 15) is 9.59 Å². The number of hydrogen-bond donors (Lipinski definition) is 3. The van der Waals surface area contributed by atoms with Gasteiger partial charge in [0.05, 0.1) is 10.6 Å². The number of hydrogen-bond acceptors (Lipinski definition) is 2. The standard InChI is InChI=1S/C25H22ClN3O2/c26-21-12-6-4-11-20(21)24(30)29-23(25(31)28-15-17-8-2-1-3-9-17)14-18-16-27-22-13-7-5-10-19(18)22/h1-13,16,23,27H,14-15H2,(H,28,31)(H,29,30). The number of benzene rings is 3. The largest absolute Gasteiger partial charge is 0.361 e. The lowest BCUT2D eigenvalue weighted by atomic mass is 10.0. The average Bonchev–Trinajstić information content (AvgIpc) is 3.21. The van der Waals surface area contributed by atoms with Gasteiger partial charge in [-0.25, -0.2) is 0 Å². The van der Waals surface area contributed by atoms with Gasteiger partial charge in [0.25, 0.3) is 5.91 Å². The SMILES string of the molecule is O=C(NC(Cc1c[nH]c2ccccc12)C(=O)NCc1ccccc1)c1ccccc1Cl. The lowest BCUT2D eigenvalue weighted by molar-refractivity contribution is -0.123. The van der Waals surface area contributed by atoms with Gasteiger partial charge in [-0.15, -0.1) is 0 Å². The predicted octanol–water partition coefficient (Wildman–Crippen LogP) is 4.48. The van der Waals surface area contributed by atoms with Crippen molar-refractivity contribution in [3.8, 4) is 0 Å². The molecule has 0 bridgehead atoms. The second-order valence-corrected chi connectivity index (χ2v) is 7.68. The van der Waals surface area contributed by atoms with Gasteiger partial charge >= 0.3 is 0 Å². The predicted molar refractivity (Wildman–Crippen MR) is 123 cm³/mol. The van der Waals surface area contributed by atoms with Crippen molar-refractivity contribution in [1.29, 1.82) is 0 Å². The van der Waals surface area contributed by atoms with Crippen LogP contribution >= 0.6 is 11.6 Å². The number of aromatic amines is 1. The van der Waals surface area contributed by atoms with E-state index in [1.54, 1.807) is 24.3 Å². The first-order chi connectivity index (χ1) is 15.1. The van der Waals surface area contributed by atoms with E-state index in [0.29, 0.717) is 23.6 Å². The number of nitrogens with one attached hydrogen (secondary N) is 3. The topological polar surface area (TPSA) is 74.0 Å². The minimum absolute atomic E-state index is 0.255. The highest BCUT2D eigenvalue weighted by molar-refractivity contribution is 6.33. The second-order valence-electron chi connectivity index (χ2n) is 7.27. The summed E-state index contributed by atoms with van der Waals surface area (Å²) in [4.78, 5) is 29.1. The smallest absolute Gasteiger partial charge is 0.253 e. The van der Waals surface area contributed by atoms with Gasteiger partial charge in [0.15, 0.2) is 0 Å². The Morgan fingerprint density at radius 1 is 0.903 bits per heavy atom. The van der Waals surface area contributed by atoms with Crippen molar-refractivity contribution in [2.75, 3.05) is 0 Å². The molecule has 6 heteroatoms. The fourth-order valence-electron chi connectivity index (χ4n) is 3.52. The van der Waals surface area contributed by atoms with Crippen LogP contribution < -0.4 is 10.6 Å². The van der Waals surface area contributed by atoms with Gasteiger partial charge in [-0.2, -0.15) is 0 Å². The highest BCUT2D eigenvalue weighted by Gasteiger charge is 2.24. The van der Waals surface area contributed by atoms with Crippen LogP contribution in [0.1, 0.15) is 21.5 Å². The maximum absolute atomic E-state index is 13.1. The number of carbonyl (C=O) groups is 2. The Morgan fingerprint density at radius 3 is 2.42 bits per heavy atom. The molecule has 1 heterocycles. The molecule has 0 aliphatic carbocycles. The Hall–Kier alpha value is -3.57. The molecule has 4 aromatic rings.